The summed E-state index contributed by atoms with van der Waals surface area (Å²) in [6.07, 6.45) is 0.234. The van der Waals surface area contributed by atoms with Gasteiger partial charge in [0.05, 0.1) is 17.3 Å². The molecule has 2 rings (SSSR count). The SMILES string of the molecule is NC1(C(=O)O)CCN(C(=O)Nc2ccccc2Cl)C1. The molecule has 102 valence electrons. The molecule has 0 aromatic heterocycles. The van der Waals surface area contributed by atoms with Gasteiger partial charge in [-0.1, -0.05) is 23.7 Å². The zero-order valence-electron chi connectivity index (χ0n) is 10.1. The maximum atomic E-state index is 12.0. The summed E-state index contributed by atoms with van der Waals surface area (Å²) in [5.74, 6) is -1.10. The van der Waals surface area contributed by atoms with E-state index >= 15 is 0 Å². The van der Waals surface area contributed by atoms with E-state index in [-0.39, 0.29) is 13.0 Å². The molecule has 1 aliphatic rings. The van der Waals surface area contributed by atoms with Gasteiger partial charge < -0.3 is 21.1 Å². The van der Waals surface area contributed by atoms with E-state index in [9.17, 15) is 9.59 Å². The summed E-state index contributed by atoms with van der Waals surface area (Å²) in [6.45, 7) is 0.289. The second-order valence-corrected chi connectivity index (χ2v) is 4.95. The Bertz CT molecular complexity index is 523. The Labute approximate surface area is 115 Å². The molecule has 2 amide bonds. The van der Waals surface area contributed by atoms with Crippen LogP contribution < -0.4 is 11.1 Å². The largest absolute Gasteiger partial charge is 0.480 e. The van der Waals surface area contributed by atoms with Crippen LogP contribution in [0, 0.1) is 0 Å². The first-order chi connectivity index (χ1) is 8.92. The fraction of sp³-hybridized carbons (Fsp3) is 0.333. The van der Waals surface area contributed by atoms with E-state index in [0.29, 0.717) is 17.3 Å². The predicted octanol–water partition coefficient (Wildman–Crippen LogP) is 1.36. The van der Waals surface area contributed by atoms with E-state index in [2.05, 4.69) is 5.32 Å². The van der Waals surface area contributed by atoms with Gasteiger partial charge in [0.2, 0.25) is 0 Å². The quantitative estimate of drug-likeness (QED) is 0.763. The van der Waals surface area contributed by atoms with Crippen molar-refractivity contribution < 1.29 is 14.7 Å². The van der Waals surface area contributed by atoms with E-state index in [1.54, 1.807) is 24.3 Å². The number of anilines is 1. The van der Waals surface area contributed by atoms with Crippen molar-refractivity contribution in [1.82, 2.24) is 4.90 Å². The molecular weight excluding hydrogens is 270 g/mol. The molecule has 4 N–H and O–H groups in total. The summed E-state index contributed by atoms with van der Waals surface area (Å²) >= 11 is 5.93. The van der Waals surface area contributed by atoms with E-state index in [1.165, 1.54) is 4.90 Å². The highest BCUT2D eigenvalue weighted by molar-refractivity contribution is 6.33. The van der Waals surface area contributed by atoms with Gasteiger partial charge in [0.15, 0.2) is 0 Å². The Morgan fingerprint density at radius 2 is 2.11 bits per heavy atom. The number of hydrogen-bond donors (Lipinski definition) is 3. The number of hydrogen-bond acceptors (Lipinski definition) is 3. The minimum Gasteiger partial charge on any atom is -0.480 e. The summed E-state index contributed by atoms with van der Waals surface area (Å²) in [6, 6.07) is 6.43. The number of nitrogens with two attached hydrogens (primary N) is 1. The van der Waals surface area contributed by atoms with Crippen LogP contribution in [0.2, 0.25) is 5.02 Å². The smallest absolute Gasteiger partial charge is 0.325 e. The van der Waals surface area contributed by atoms with Crippen LogP contribution in [0.4, 0.5) is 10.5 Å². The molecule has 0 bridgehead atoms. The van der Waals surface area contributed by atoms with Gasteiger partial charge in [-0.05, 0) is 18.6 Å². The number of nitrogens with zero attached hydrogens (tertiary/aromatic N) is 1. The first-order valence-corrected chi connectivity index (χ1v) is 6.13. The molecule has 0 aliphatic carbocycles. The monoisotopic (exact) mass is 283 g/mol. The lowest BCUT2D eigenvalue weighted by molar-refractivity contribution is -0.142. The van der Waals surface area contributed by atoms with E-state index in [0.717, 1.165) is 0 Å². The number of carbonyl (C=O) groups is 2. The molecule has 0 radical (unpaired) electrons. The van der Waals surface area contributed by atoms with Gasteiger partial charge in [-0.3, -0.25) is 4.79 Å². The van der Waals surface area contributed by atoms with Crippen LogP contribution >= 0.6 is 11.6 Å². The highest BCUT2D eigenvalue weighted by Crippen LogP contribution is 2.23. The minimum absolute atomic E-state index is 0.0153. The highest BCUT2D eigenvalue weighted by atomic mass is 35.5. The molecule has 7 heteroatoms. The standard InChI is InChI=1S/C12H14ClN3O3/c13-8-3-1-2-4-9(8)15-11(19)16-6-5-12(14,7-16)10(17)18/h1-4H,5-7,14H2,(H,15,19)(H,17,18). The van der Waals surface area contributed by atoms with Crippen molar-refractivity contribution in [2.75, 3.05) is 18.4 Å². The van der Waals surface area contributed by atoms with Crippen LogP contribution in [0.15, 0.2) is 24.3 Å². The number of amides is 2. The summed E-state index contributed by atoms with van der Waals surface area (Å²) < 4.78 is 0. The lowest BCUT2D eigenvalue weighted by atomic mass is 10.0. The lowest BCUT2D eigenvalue weighted by Gasteiger charge is -2.20. The molecular formula is C12H14ClN3O3. The Morgan fingerprint density at radius 1 is 1.42 bits per heavy atom. The van der Waals surface area contributed by atoms with Crippen LogP contribution in [0.1, 0.15) is 6.42 Å². The number of para-hydroxylation sites is 1. The Hall–Kier alpha value is -1.79. The molecule has 0 saturated carbocycles. The van der Waals surface area contributed by atoms with Crippen LogP contribution in [0.3, 0.4) is 0 Å². The van der Waals surface area contributed by atoms with Gasteiger partial charge in [0, 0.05) is 6.54 Å². The molecule has 1 saturated heterocycles. The summed E-state index contributed by atoms with van der Waals surface area (Å²) in [7, 11) is 0. The number of carbonyl (C=O) groups excluding carboxylic acids is 1. The van der Waals surface area contributed by atoms with E-state index < -0.39 is 17.5 Å². The summed E-state index contributed by atoms with van der Waals surface area (Å²) in [5.41, 5.74) is 4.83. The van der Waals surface area contributed by atoms with Gasteiger partial charge in [0.25, 0.3) is 0 Å². The van der Waals surface area contributed by atoms with Gasteiger partial charge in [-0.15, -0.1) is 0 Å². The third-order valence-corrected chi connectivity index (χ3v) is 3.46. The van der Waals surface area contributed by atoms with E-state index in [1.807, 2.05) is 0 Å². The minimum atomic E-state index is -1.36. The Morgan fingerprint density at radius 3 is 2.68 bits per heavy atom. The number of carboxylic acids is 1. The first kappa shape index (κ1) is 13.6. The van der Waals surface area contributed by atoms with Crippen LogP contribution in [-0.2, 0) is 4.79 Å². The first-order valence-electron chi connectivity index (χ1n) is 5.75. The number of rotatable bonds is 2. The van der Waals surface area contributed by atoms with Crippen molar-refractivity contribution in [1.29, 1.82) is 0 Å². The fourth-order valence-corrected chi connectivity index (χ4v) is 2.12. The van der Waals surface area contributed by atoms with Crippen molar-refractivity contribution in [3.8, 4) is 0 Å². The second kappa shape index (κ2) is 5.07. The summed E-state index contributed by atoms with van der Waals surface area (Å²) in [5, 5.41) is 12.1. The van der Waals surface area contributed by atoms with E-state index in [4.69, 9.17) is 22.4 Å². The molecule has 1 aromatic rings. The predicted molar refractivity (Wildman–Crippen MR) is 71.2 cm³/mol. The topological polar surface area (TPSA) is 95.7 Å². The third kappa shape index (κ3) is 2.80. The number of halogens is 1. The molecule has 1 unspecified atom stereocenters. The molecule has 1 aromatic carbocycles. The van der Waals surface area contributed by atoms with Crippen molar-refractivity contribution in [3.05, 3.63) is 29.3 Å². The van der Waals surface area contributed by atoms with Gasteiger partial charge >= 0.3 is 12.0 Å². The molecule has 19 heavy (non-hydrogen) atoms. The van der Waals surface area contributed by atoms with Crippen LogP contribution in [0.25, 0.3) is 0 Å². The second-order valence-electron chi connectivity index (χ2n) is 4.54. The zero-order chi connectivity index (χ0) is 14.0. The number of aliphatic carboxylic acids is 1. The maximum Gasteiger partial charge on any atom is 0.325 e. The van der Waals surface area contributed by atoms with Crippen molar-refractivity contribution in [3.63, 3.8) is 0 Å². The molecule has 0 spiro atoms. The average molecular weight is 284 g/mol. The molecule has 1 fully saturated rings. The molecule has 1 aliphatic heterocycles. The summed E-state index contributed by atoms with van der Waals surface area (Å²) in [4.78, 5) is 24.4. The number of benzene rings is 1. The van der Waals surface area contributed by atoms with Crippen LogP contribution in [0.5, 0.6) is 0 Å². The number of urea groups is 1. The fourth-order valence-electron chi connectivity index (χ4n) is 1.94. The maximum absolute atomic E-state index is 12.0. The Kier molecular flexibility index (Phi) is 3.64. The number of nitrogens with one attached hydrogen (secondary N) is 1. The highest BCUT2D eigenvalue weighted by Gasteiger charge is 2.43. The lowest BCUT2D eigenvalue weighted by Crippen LogP contribution is -2.51. The zero-order valence-corrected chi connectivity index (χ0v) is 10.9. The average Bonchev–Trinajstić information content (AvgIpc) is 2.76. The third-order valence-electron chi connectivity index (χ3n) is 3.13. The van der Waals surface area contributed by atoms with Crippen molar-refractivity contribution >= 4 is 29.3 Å². The van der Waals surface area contributed by atoms with Gasteiger partial charge in [-0.25, -0.2) is 4.79 Å². The molecule has 1 atom stereocenters. The Balaban J connectivity index is 2.03. The number of carboxylic acid groups (broad SMARTS) is 1. The molecule has 1 heterocycles. The molecule has 6 nitrogen and oxygen atoms in total. The van der Waals surface area contributed by atoms with Crippen molar-refractivity contribution in [2.45, 2.75) is 12.0 Å². The van der Waals surface area contributed by atoms with Crippen molar-refractivity contribution in [2.24, 2.45) is 5.73 Å². The number of likely N-dealkylation sites (tertiary alicyclic amines) is 1. The van der Waals surface area contributed by atoms with Gasteiger partial charge in [0.1, 0.15) is 5.54 Å². The normalized spacial score (nSPS) is 22.3. The van der Waals surface area contributed by atoms with Gasteiger partial charge in [-0.2, -0.15) is 0 Å². The van der Waals surface area contributed by atoms with Crippen LogP contribution in [-0.4, -0.2) is 40.6 Å².